The number of carbonyl (C=O) groups is 1. The Labute approximate surface area is 111 Å². The molecule has 2 rings (SSSR count). The van der Waals surface area contributed by atoms with Crippen molar-refractivity contribution in [2.75, 3.05) is 18.6 Å². The predicted molar refractivity (Wildman–Crippen MR) is 72.5 cm³/mol. The number of amides is 1. The van der Waals surface area contributed by atoms with Gasteiger partial charge in [-0.15, -0.1) is 0 Å². The van der Waals surface area contributed by atoms with Gasteiger partial charge in [0.25, 0.3) is 5.91 Å². The van der Waals surface area contributed by atoms with Gasteiger partial charge in [0.15, 0.2) is 11.5 Å². The van der Waals surface area contributed by atoms with E-state index in [1.54, 1.807) is 12.1 Å². The molecule has 0 aliphatic carbocycles. The van der Waals surface area contributed by atoms with Crippen molar-refractivity contribution in [1.29, 1.82) is 0 Å². The average molecular weight is 267 g/mol. The van der Waals surface area contributed by atoms with Crippen molar-refractivity contribution in [1.82, 2.24) is 5.32 Å². The summed E-state index contributed by atoms with van der Waals surface area (Å²) < 4.78 is 4.95. The molecule has 5 heteroatoms. The molecule has 18 heavy (non-hydrogen) atoms. The molecule has 1 fully saturated rings. The molecule has 4 nitrogen and oxygen atoms in total. The third kappa shape index (κ3) is 3.10. The number of rotatable bonds is 3. The molecule has 2 N–H and O–H groups in total. The minimum atomic E-state index is -0.134. The van der Waals surface area contributed by atoms with Gasteiger partial charge in [-0.2, -0.15) is 11.8 Å². The van der Waals surface area contributed by atoms with Gasteiger partial charge in [0.2, 0.25) is 0 Å². The molecule has 1 aliphatic heterocycles. The average Bonchev–Trinajstić information content (AvgIpc) is 2.39. The number of aromatic hydroxyl groups is 1. The van der Waals surface area contributed by atoms with E-state index in [1.807, 2.05) is 11.8 Å². The highest BCUT2D eigenvalue weighted by Gasteiger charge is 2.17. The van der Waals surface area contributed by atoms with Gasteiger partial charge in [0.1, 0.15) is 0 Å². The molecule has 1 aromatic rings. The molecular formula is C13H17NO3S. The maximum absolute atomic E-state index is 12.0. The molecule has 1 aliphatic rings. The Morgan fingerprint density at radius 1 is 1.44 bits per heavy atom. The first kappa shape index (κ1) is 13.1. The molecule has 1 saturated heterocycles. The lowest BCUT2D eigenvalue weighted by molar-refractivity contribution is 0.0934. The number of phenols is 1. The van der Waals surface area contributed by atoms with E-state index < -0.39 is 0 Å². The Hall–Kier alpha value is -1.36. The topological polar surface area (TPSA) is 58.6 Å². The van der Waals surface area contributed by atoms with Crippen LogP contribution in [-0.4, -0.2) is 35.7 Å². The standard InChI is InChI=1S/C13H17NO3S/c1-17-12-3-2-9(8-11(12)15)13(16)14-10-4-6-18-7-5-10/h2-3,8,10,15H,4-7H2,1H3,(H,14,16). The highest BCUT2D eigenvalue weighted by molar-refractivity contribution is 7.99. The normalized spacial score (nSPS) is 16.3. The van der Waals surface area contributed by atoms with Crippen LogP contribution < -0.4 is 10.1 Å². The van der Waals surface area contributed by atoms with Gasteiger partial charge in [0, 0.05) is 11.6 Å². The van der Waals surface area contributed by atoms with Crippen molar-refractivity contribution in [2.24, 2.45) is 0 Å². The Morgan fingerprint density at radius 3 is 2.78 bits per heavy atom. The number of benzene rings is 1. The third-order valence-electron chi connectivity index (χ3n) is 3.00. The molecule has 0 bridgehead atoms. The van der Waals surface area contributed by atoms with E-state index in [2.05, 4.69) is 5.32 Å². The maximum Gasteiger partial charge on any atom is 0.251 e. The van der Waals surface area contributed by atoms with Crippen LogP contribution in [0.15, 0.2) is 18.2 Å². The lowest BCUT2D eigenvalue weighted by atomic mass is 10.1. The minimum absolute atomic E-state index is 0.00986. The van der Waals surface area contributed by atoms with E-state index in [0.29, 0.717) is 11.3 Å². The van der Waals surface area contributed by atoms with Crippen LogP contribution in [0.5, 0.6) is 11.5 Å². The van der Waals surface area contributed by atoms with E-state index in [4.69, 9.17) is 4.74 Å². The Balaban J connectivity index is 2.01. The first-order valence-corrected chi connectivity index (χ1v) is 7.12. The SMILES string of the molecule is COc1ccc(C(=O)NC2CCSCC2)cc1O. The quantitative estimate of drug-likeness (QED) is 0.879. The second-order valence-corrected chi connectivity index (χ2v) is 5.47. The summed E-state index contributed by atoms with van der Waals surface area (Å²) in [7, 11) is 1.48. The minimum Gasteiger partial charge on any atom is -0.504 e. The van der Waals surface area contributed by atoms with Gasteiger partial charge < -0.3 is 15.2 Å². The lowest BCUT2D eigenvalue weighted by Gasteiger charge is -2.22. The molecule has 0 aromatic heterocycles. The van der Waals surface area contributed by atoms with Crippen LogP contribution in [-0.2, 0) is 0 Å². The van der Waals surface area contributed by atoms with Crippen LogP contribution in [0.25, 0.3) is 0 Å². The van der Waals surface area contributed by atoms with Gasteiger partial charge in [-0.25, -0.2) is 0 Å². The van der Waals surface area contributed by atoms with Crippen LogP contribution in [0.3, 0.4) is 0 Å². The van der Waals surface area contributed by atoms with Crippen molar-refractivity contribution >= 4 is 17.7 Å². The second kappa shape index (κ2) is 6.00. The molecule has 0 radical (unpaired) electrons. The van der Waals surface area contributed by atoms with Crippen molar-refractivity contribution < 1.29 is 14.6 Å². The number of nitrogens with one attached hydrogen (secondary N) is 1. The lowest BCUT2D eigenvalue weighted by Crippen LogP contribution is -2.37. The molecule has 0 saturated carbocycles. The Kier molecular flexibility index (Phi) is 4.36. The van der Waals surface area contributed by atoms with Gasteiger partial charge >= 0.3 is 0 Å². The number of methoxy groups -OCH3 is 1. The van der Waals surface area contributed by atoms with Gasteiger partial charge in [0.05, 0.1) is 7.11 Å². The summed E-state index contributed by atoms with van der Waals surface area (Å²) in [5, 5.41) is 12.6. The zero-order valence-electron chi connectivity index (χ0n) is 10.3. The van der Waals surface area contributed by atoms with E-state index in [1.165, 1.54) is 13.2 Å². The first-order valence-electron chi connectivity index (χ1n) is 5.96. The van der Waals surface area contributed by atoms with Crippen molar-refractivity contribution in [2.45, 2.75) is 18.9 Å². The molecule has 1 aromatic carbocycles. The van der Waals surface area contributed by atoms with Crippen LogP contribution >= 0.6 is 11.8 Å². The Morgan fingerprint density at radius 2 is 2.17 bits per heavy atom. The zero-order chi connectivity index (χ0) is 13.0. The summed E-state index contributed by atoms with van der Waals surface area (Å²) in [5.74, 6) is 2.42. The van der Waals surface area contributed by atoms with Gasteiger partial charge in [-0.1, -0.05) is 0 Å². The number of thioether (sulfide) groups is 1. The van der Waals surface area contributed by atoms with E-state index in [9.17, 15) is 9.90 Å². The van der Waals surface area contributed by atoms with Crippen LogP contribution in [0.2, 0.25) is 0 Å². The highest BCUT2D eigenvalue weighted by Crippen LogP contribution is 2.26. The zero-order valence-corrected chi connectivity index (χ0v) is 11.1. The number of hydrogen-bond donors (Lipinski definition) is 2. The van der Waals surface area contributed by atoms with Crippen molar-refractivity contribution in [3.8, 4) is 11.5 Å². The molecule has 1 heterocycles. The molecule has 0 spiro atoms. The fourth-order valence-corrected chi connectivity index (χ4v) is 3.05. The van der Waals surface area contributed by atoms with Gasteiger partial charge in [-0.05, 0) is 42.5 Å². The fraction of sp³-hybridized carbons (Fsp3) is 0.462. The smallest absolute Gasteiger partial charge is 0.251 e. The summed E-state index contributed by atoms with van der Waals surface area (Å²) in [6.45, 7) is 0. The largest absolute Gasteiger partial charge is 0.504 e. The number of ether oxygens (including phenoxy) is 1. The predicted octanol–water partition coefficient (Wildman–Crippen LogP) is 2.03. The summed E-state index contributed by atoms with van der Waals surface area (Å²) in [5.41, 5.74) is 0.464. The number of phenolic OH excluding ortho intramolecular Hbond substituents is 1. The molecular weight excluding hydrogens is 250 g/mol. The summed E-state index contributed by atoms with van der Waals surface area (Å²) in [6, 6.07) is 4.95. The fourth-order valence-electron chi connectivity index (χ4n) is 1.94. The van der Waals surface area contributed by atoms with E-state index in [0.717, 1.165) is 24.3 Å². The monoisotopic (exact) mass is 267 g/mol. The van der Waals surface area contributed by atoms with Crippen molar-refractivity contribution in [3.05, 3.63) is 23.8 Å². The number of carbonyl (C=O) groups excluding carboxylic acids is 1. The molecule has 0 unspecified atom stereocenters. The second-order valence-electron chi connectivity index (χ2n) is 4.25. The maximum atomic E-state index is 12.0. The van der Waals surface area contributed by atoms with Crippen LogP contribution in [0.1, 0.15) is 23.2 Å². The molecule has 0 atom stereocenters. The summed E-state index contributed by atoms with van der Waals surface area (Å²) in [6.07, 6.45) is 2.02. The first-order chi connectivity index (χ1) is 8.70. The summed E-state index contributed by atoms with van der Waals surface area (Å²) in [4.78, 5) is 12.0. The summed E-state index contributed by atoms with van der Waals surface area (Å²) >= 11 is 1.92. The van der Waals surface area contributed by atoms with E-state index in [-0.39, 0.29) is 17.7 Å². The molecule has 98 valence electrons. The highest BCUT2D eigenvalue weighted by atomic mass is 32.2. The molecule has 1 amide bonds. The Bertz CT molecular complexity index is 430. The van der Waals surface area contributed by atoms with Crippen molar-refractivity contribution in [3.63, 3.8) is 0 Å². The number of hydrogen-bond acceptors (Lipinski definition) is 4. The van der Waals surface area contributed by atoms with Crippen LogP contribution in [0, 0.1) is 0 Å². The van der Waals surface area contributed by atoms with E-state index >= 15 is 0 Å². The van der Waals surface area contributed by atoms with Crippen LogP contribution in [0.4, 0.5) is 0 Å². The van der Waals surface area contributed by atoms with Gasteiger partial charge in [-0.3, -0.25) is 4.79 Å². The third-order valence-corrected chi connectivity index (χ3v) is 4.05.